The first-order valence-corrected chi connectivity index (χ1v) is 3.97. The van der Waals surface area contributed by atoms with Crippen molar-refractivity contribution in [2.24, 2.45) is 0 Å². The molecule has 0 saturated carbocycles. The zero-order chi connectivity index (χ0) is 8.53. The van der Waals surface area contributed by atoms with Crippen LogP contribution in [-0.2, 0) is 0 Å². The summed E-state index contributed by atoms with van der Waals surface area (Å²) in [5, 5.41) is 6.51. The molecule has 0 aromatic carbocycles. The van der Waals surface area contributed by atoms with Gasteiger partial charge in [0.1, 0.15) is 0 Å². The molecule has 0 rings (SSSR count). The Morgan fingerprint density at radius 1 is 1.27 bits per heavy atom. The molecule has 2 nitrogen and oxygen atoms in total. The van der Waals surface area contributed by atoms with E-state index in [2.05, 4.69) is 30.7 Å². The molecular formula is C9H18N2. The minimum atomic E-state index is 0.493. The fourth-order valence-electron chi connectivity index (χ4n) is 0.759. The van der Waals surface area contributed by atoms with Crippen LogP contribution in [0.15, 0.2) is 25.3 Å². The van der Waals surface area contributed by atoms with Gasteiger partial charge >= 0.3 is 0 Å². The van der Waals surface area contributed by atoms with Gasteiger partial charge in [0.25, 0.3) is 0 Å². The van der Waals surface area contributed by atoms with Crippen LogP contribution in [0.5, 0.6) is 0 Å². The Hall–Kier alpha value is -0.600. The van der Waals surface area contributed by atoms with Gasteiger partial charge in [0.2, 0.25) is 0 Å². The van der Waals surface area contributed by atoms with E-state index in [0.717, 1.165) is 19.6 Å². The van der Waals surface area contributed by atoms with E-state index >= 15 is 0 Å². The van der Waals surface area contributed by atoms with Crippen molar-refractivity contribution in [3.05, 3.63) is 25.3 Å². The van der Waals surface area contributed by atoms with Gasteiger partial charge in [-0.1, -0.05) is 12.2 Å². The van der Waals surface area contributed by atoms with Gasteiger partial charge in [-0.15, -0.1) is 13.2 Å². The summed E-state index contributed by atoms with van der Waals surface area (Å²) < 4.78 is 0. The molecule has 64 valence electrons. The third kappa shape index (κ3) is 7.30. The summed E-state index contributed by atoms with van der Waals surface area (Å²) in [5.41, 5.74) is 0. The average molecular weight is 154 g/mol. The highest BCUT2D eigenvalue weighted by molar-refractivity contribution is 4.76. The molecule has 0 spiro atoms. The van der Waals surface area contributed by atoms with Crippen LogP contribution in [0.3, 0.4) is 0 Å². The van der Waals surface area contributed by atoms with Crippen molar-refractivity contribution >= 4 is 0 Å². The van der Waals surface area contributed by atoms with Crippen LogP contribution in [0.1, 0.15) is 6.92 Å². The second-order valence-electron chi connectivity index (χ2n) is 2.54. The molecule has 0 heterocycles. The molecule has 1 atom stereocenters. The quantitative estimate of drug-likeness (QED) is 0.421. The zero-order valence-electron chi connectivity index (χ0n) is 7.27. The lowest BCUT2D eigenvalue weighted by Crippen LogP contribution is -2.36. The van der Waals surface area contributed by atoms with Crippen molar-refractivity contribution in [3.8, 4) is 0 Å². The fourth-order valence-corrected chi connectivity index (χ4v) is 0.759. The Bertz CT molecular complexity index is 110. The first-order chi connectivity index (χ1) is 5.31. The SMILES string of the molecule is C=CCNCC(C)NCC=C. The molecule has 0 aliphatic rings. The number of rotatable bonds is 7. The highest BCUT2D eigenvalue weighted by Gasteiger charge is 1.95. The molecule has 11 heavy (non-hydrogen) atoms. The molecule has 0 aliphatic heterocycles. The Morgan fingerprint density at radius 3 is 2.45 bits per heavy atom. The maximum Gasteiger partial charge on any atom is 0.0167 e. The smallest absolute Gasteiger partial charge is 0.0167 e. The van der Waals surface area contributed by atoms with Gasteiger partial charge in [0, 0.05) is 25.7 Å². The lowest BCUT2D eigenvalue weighted by atomic mass is 10.3. The zero-order valence-corrected chi connectivity index (χ0v) is 7.27. The monoisotopic (exact) mass is 154 g/mol. The van der Waals surface area contributed by atoms with Crippen LogP contribution in [-0.4, -0.2) is 25.7 Å². The summed E-state index contributed by atoms with van der Waals surface area (Å²) in [6, 6.07) is 0.493. The highest BCUT2D eigenvalue weighted by Crippen LogP contribution is 1.77. The van der Waals surface area contributed by atoms with Crippen molar-refractivity contribution in [2.75, 3.05) is 19.6 Å². The Morgan fingerprint density at radius 2 is 1.91 bits per heavy atom. The second kappa shape index (κ2) is 7.51. The summed E-state index contributed by atoms with van der Waals surface area (Å²) in [6.07, 6.45) is 3.73. The molecule has 0 saturated heterocycles. The second-order valence-corrected chi connectivity index (χ2v) is 2.54. The van der Waals surface area contributed by atoms with Crippen LogP contribution < -0.4 is 10.6 Å². The molecule has 0 fully saturated rings. The molecule has 0 aromatic heterocycles. The minimum Gasteiger partial charge on any atom is -0.312 e. The van der Waals surface area contributed by atoms with Gasteiger partial charge in [-0.05, 0) is 6.92 Å². The van der Waals surface area contributed by atoms with Gasteiger partial charge in [0.15, 0.2) is 0 Å². The molecule has 0 radical (unpaired) electrons. The van der Waals surface area contributed by atoms with Crippen molar-refractivity contribution in [1.29, 1.82) is 0 Å². The van der Waals surface area contributed by atoms with E-state index in [1.165, 1.54) is 0 Å². The first kappa shape index (κ1) is 10.4. The topological polar surface area (TPSA) is 24.1 Å². The Balaban J connectivity index is 3.14. The summed E-state index contributed by atoms with van der Waals surface area (Å²) in [7, 11) is 0. The highest BCUT2D eigenvalue weighted by atomic mass is 15.0. The van der Waals surface area contributed by atoms with Crippen molar-refractivity contribution < 1.29 is 0 Å². The molecule has 1 unspecified atom stereocenters. The van der Waals surface area contributed by atoms with Gasteiger partial charge in [-0.2, -0.15) is 0 Å². The molecule has 2 N–H and O–H groups in total. The van der Waals surface area contributed by atoms with E-state index in [0.29, 0.717) is 6.04 Å². The summed E-state index contributed by atoms with van der Waals surface area (Å²) >= 11 is 0. The van der Waals surface area contributed by atoms with Gasteiger partial charge in [-0.3, -0.25) is 0 Å². The third-order valence-electron chi connectivity index (χ3n) is 1.35. The number of hydrogen-bond donors (Lipinski definition) is 2. The predicted octanol–water partition coefficient (Wildman–Crippen LogP) is 0.926. The third-order valence-corrected chi connectivity index (χ3v) is 1.35. The van der Waals surface area contributed by atoms with Crippen LogP contribution in [0.2, 0.25) is 0 Å². The van der Waals surface area contributed by atoms with Crippen LogP contribution >= 0.6 is 0 Å². The van der Waals surface area contributed by atoms with Crippen LogP contribution in [0, 0.1) is 0 Å². The summed E-state index contributed by atoms with van der Waals surface area (Å²) in [4.78, 5) is 0. The molecule has 0 aromatic rings. The maximum atomic E-state index is 3.63. The summed E-state index contributed by atoms with van der Waals surface area (Å²) in [6.45, 7) is 12.1. The average Bonchev–Trinajstić information content (AvgIpc) is 2.01. The molecule has 0 amide bonds. The van der Waals surface area contributed by atoms with Crippen molar-refractivity contribution in [1.82, 2.24) is 10.6 Å². The molecule has 0 bridgehead atoms. The Kier molecular flexibility index (Phi) is 7.10. The van der Waals surface area contributed by atoms with E-state index in [4.69, 9.17) is 0 Å². The number of hydrogen-bond acceptors (Lipinski definition) is 2. The minimum absolute atomic E-state index is 0.493. The van der Waals surface area contributed by atoms with E-state index in [-0.39, 0.29) is 0 Å². The van der Waals surface area contributed by atoms with Gasteiger partial charge < -0.3 is 10.6 Å². The van der Waals surface area contributed by atoms with Crippen molar-refractivity contribution in [3.63, 3.8) is 0 Å². The normalized spacial score (nSPS) is 12.5. The van der Waals surface area contributed by atoms with E-state index < -0.39 is 0 Å². The van der Waals surface area contributed by atoms with E-state index in [1.807, 2.05) is 12.2 Å². The summed E-state index contributed by atoms with van der Waals surface area (Å²) in [5.74, 6) is 0. The molecule has 0 aliphatic carbocycles. The fraction of sp³-hybridized carbons (Fsp3) is 0.556. The lowest BCUT2D eigenvalue weighted by Gasteiger charge is -2.11. The lowest BCUT2D eigenvalue weighted by molar-refractivity contribution is 0.541. The van der Waals surface area contributed by atoms with Gasteiger partial charge in [0.05, 0.1) is 0 Å². The van der Waals surface area contributed by atoms with Crippen LogP contribution in [0.25, 0.3) is 0 Å². The predicted molar refractivity (Wildman–Crippen MR) is 50.7 cm³/mol. The molecule has 2 heteroatoms. The molecular weight excluding hydrogens is 136 g/mol. The largest absolute Gasteiger partial charge is 0.312 e. The van der Waals surface area contributed by atoms with Crippen molar-refractivity contribution in [2.45, 2.75) is 13.0 Å². The van der Waals surface area contributed by atoms with E-state index in [9.17, 15) is 0 Å². The van der Waals surface area contributed by atoms with Gasteiger partial charge in [-0.25, -0.2) is 0 Å². The number of nitrogens with one attached hydrogen (secondary N) is 2. The standard InChI is InChI=1S/C9H18N2/c1-4-6-10-8-9(3)11-7-5-2/h4-5,9-11H,1-2,6-8H2,3H3. The maximum absolute atomic E-state index is 3.63. The van der Waals surface area contributed by atoms with Crippen LogP contribution in [0.4, 0.5) is 0 Å². The first-order valence-electron chi connectivity index (χ1n) is 3.97. The van der Waals surface area contributed by atoms with E-state index in [1.54, 1.807) is 0 Å². The Labute approximate surface area is 69.4 Å².